The minimum Gasteiger partial charge on any atom is -0.354 e. The maximum Gasteiger partial charge on any atom is 0.261 e. The number of hydrogen-bond acceptors (Lipinski definition) is 3. The second-order valence-electron chi connectivity index (χ2n) is 5.96. The SMILES string of the molecule is Cc1cc(=O)c(C(=O)Nc2ccc(C(=O)NC(C)C)cc2)cn1C. The van der Waals surface area contributed by atoms with Gasteiger partial charge in [-0.3, -0.25) is 14.4 Å². The number of nitrogens with one attached hydrogen (secondary N) is 2. The highest BCUT2D eigenvalue weighted by Crippen LogP contribution is 2.11. The second-order valence-corrected chi connectivity index (χ2v) is 5.96. The maximum atomic E-state index is 12.3. The van der Waals surface area contributed by atoms with Gasteiger partial charge in [-0.25, -0.2) is 0 Å². The zero-order valence-corrected chi connectivity index (χ0v) is 14.2. The summed E-state index contributed by atoms with van der Waals surface area (Å²) in [6, 6.07) is 7.99. The number of carbonyl (C=O) groups is 2. The highest BCUT2D eigenvalue weighted by molar-refractivity contribution is 6.04. The van der Waals surface area contributed by atoms with E-state index in [1.807, 2.05) is 13.8 Å². The van der Waals surface area contributed by atoms with E-state index < -0.39 is 5.91 Å². The molecule has 0 atom stereocenters. The van der Waals surface area contributed by atoms with E-state index in [2.05, 4.69) is 10.6 Å². The van der Waals surface area contributed by atoms with Gasteiger partial charge in [-0.2, -0.15) is 0 Å². The van der Waals surface area contributed by atoms with E-state index in [9.17, 15) is 14.4 Å². The average molecular weight is 327 g/mol. The Labute approximate surface area is 140 Å². The number of rotatable bonds is 4. The van der Waals surface area contributed by atoms with Crippen LogP contribution in [0.1, 0.15) is 40.3 Å². The molecule has 0 aliphatic heterocycles. The summed E-state index contributed by atoms with van der Waals surface area (Å²) in [5, 5.41) is 5.46. The summed E-state index contributed by atoms with van der Waals surface area (Å²) >= 11 is 0. The quantitative estimate of drug-likeness (QED) is 0.902. The van der Waals surface area contributed by atoms with Crippen LogP contribution in [-0.2, 0) is 7.05 Å². The maximum absolute atomic E-state index is 12.3. The van der Waals surface area contributed by atoms with Crippen LogP contribution in [0.4, 0.5) is 5.69 Å². The van der Waals surface area contributed by atoms with Crippen molar-refractivity contribution >= 4 is 17.5 Å². The highest BCUT2D eigenvalue weighted by atomic mass is 16.2. The predicted molar refractivity (Wildman–Crippen MR) is 93.4 cm³/mol. The molecule has 2 amide bonds. The van der Waals surface area contributed by atoms with Gasteiger partial charge in [-0.1, -0.05) is 0 Å². The van der Waals surface area contributed by atoms with Crippen molar-refractivity contribution in [3.8, 4) is 0 Å². The Kier molecular flexibility index (Phi) is 5.18. The molecule has 0 fully saturated rings. The zero-order chi connectivity index (χ0) is 17.9. The van der Waals surface area contributed by atoms with Crippen LogP contribution in [0.2, 0.25) is 0 Å². The second kappa shape index (κ2) is 7.12. The first-order chi connectivity index (χ1) is 11.3. The summed E-state index contributed by atoms with van der Waals surface area (Å²) < 4.78 is 1.72. The number of hydrogen-bond donors (Lipinski definition) is 2. The molecule has 2 aromatic rings. The van der Waals surface area contributed by atoms with Crippen LogP contribution < -0.4 is 16.1 Å². The molecule has 1 heterocycles. The van der Waals surface area contributed by atoms with Crippen molar-refractivity contribution in [2.24, 2.45) is 7.05 Å². The van der Waals surface area contributed by atoms with E-state index in [0.717, 1.165) is 5.69 Å². The number of amides is 2. The molecule has 2 N–H and O–H groups in total. The van der Waals surface area contributed by atoms with Gasteiger partial charge < -0.3 is 15.2 Å². The van der Waals surface area contributed by atoms with Crippen molar-refractivity contribution in [2.75, 3.05) is 5.32 Å². The van der Waals surface area contributed by atoms with Gasteiger partial charge in [0.15, 0.2) is 5.43 Å². The Bertz CT molecular complexity index is 820. The molecule has 0 aliphatic carbocycles. The molecular weight excluding hydrogens is 306 g/mol. The standard InChI is InChI=1S/C18H21N3O3/c1-11(2)19-17(23)13-5-7-14(8-6-13)20-18(24)15-10-21(4)12(3)9-16(15)22/h5-11H,1-4H3,(H,19,23)(H,20,24). The largest absolute Gasteiger partial charge is 0.354 e. The van der Waals surface area contributed by atoms with Gasteiger partial charge >= 0.3 is 0 Å². The number of benzene rings is 1. The lowest BCUT2D eigenvalue weighted by molar-refractivity contribution is 0.0942. The summed E-state index contributed by atoms with van der Waals surface area (Å²) in [4.78, 5) is 36.1. The molecule has 0 aliphatic rings. The Balaban J connectivity index is 2.14. The average Bonchev–Trinajstić information content (AvgIpc) is 2.50. The van der Waals surface area contributed by atoms with Crippen LogP contribution in [0.15, 0.2) is 41.3 Å². The van der Waals surface area contributed by atoms with Crippen molar-refractivity contribution in [1.29, 1.82) is 0 Å². The van der Waals surface area contributed by atoms with Crippen molar-refractivity contribution in [3.05, 3.63) is 63.6 Å². The van der Waals surface area contributed by atoms with Crippen molar-refractivity contribution in [2.45, 2.75) is 26.8 Å². The molecule has 1 aromatic carbocycles. The van der Waals surface area contributed by atoms with Crippen LogP contribution in [0.25, 0.3) is 0 Å². The molecule has 24 heavy (non-hydrogen) atoms. The fraction of sp³-hybridized carbons (Fsp3) is 0.278. The van der Waals surface area contributed by atoms with E-state index in [0.29, 0.717) is 11.3 Å². The van der Waals surface area contributed by atoms with Crippen LogP contribution in [0, 0.1) is 6.92 Å². The molecule has 0 spiro atoms. The van der Waals surface area contributed by atoms with E-state index in [1.54, 1.807) is 42.8 Å². The van der Waals surface area contributed by atoms with E-state index >= 15 is 0 Å². The molecule has 126 valence electrons. The molecule has 0 saturated carbocycles. The van der Waals surface area contributed by atoms with Gasteiger partial charge in [-0.15, -0.1) is 0 Å². The van der Waals surface area contributed by atoms with Crippen molar-refractivity contribution < 1.29 is 9.59 Å². The van der Waals surface area contributed by atoms with E-state index in [-0.39, 0.29) is 22.9 Å². The third-order valence-electron chi connectivity index (χ3n) is 3.55. The van der Waals surface area contributed by atoms with Gasteiger partial charge in [0.1, 0.15) is 5.56 Å². The lowest BCUT2D eigenvalue weighted by Crippen LogP contribution is -2.30. The molecule has 0 saturated heterocycles. The summed E-state index contributed by atoms with van der Waals surface area (Å²) in [5.74, 6) is -0.648. The highest BCUT2D eigenvalue weighted by Gasteiger charge is 2.12. The van der Waals surface area contributed by atoms with E-state index in [1.165, 1.54) is 12.3 Å². The summed E-state index contributed by atoms with van der Waals surface area (Å²) in [5.41, 5.74) is 1.55. The van der Waals surface area contributed by atoms with Crippen LogP contribution >= 0.6 is 0 Å². The fourth-order valence-corrected chi connectivity index (χ4v) is 2.15. The third-order valence-corrected chi connectivity index (χ3v) is 3.55. The van der Waals surface area contributed by atoms with Gasteiger partial charge in [0.2, 0.25) is 0 Å². The molecular formula is C18H21N3O3. The first-order valence-corrected chi connectivity index (χ1v) is 7.67. The normalized spacial score (nSPS) is 10.5. The van der Waals surface area contributed by atoms with Gasteiger partial charge in [-0.05, 0) is 45.0 Å². The molecule has 1 aromatic heterocycles. The lowest BCUT2D eigenvalue weighted by atomic mass is 10.1. The minimum absolute atomic E-state index is 0.0506. The smallest absolute Gasteiger partial charge is 0.261 e. The first-order valence-electron chi connectivity index (χ1n) is 7.67. The summed E-state index contributed by atoms with van der Waals surface area (Å²) in [7, 11) is 1.77. The summed E-state index contributed by atoms with van der Waals surface area (Å²) in [6.45, 7) is 5.56. The number of anilines is 1. The van der Waals surface area contributed by atoms with Crippen LogP contribution in [0.5, 0.6) is 0 Å². The number of carbonyl (C=O) groups excluding carboxylic acids is 2. The Hall–Kier alpha value is -2.89. The topological polar surface area (TPSA) is 80.2 Å². The monoisotopic (exact) mass is 327 g/mol. The fourth-order valence-electron chi connectivity index (χ4n) is 2.15. The molecule has 0 radical (unpaired) electrons. The van der Waals surface area contributed by atoms with E-state index in [4.69, 9.17) is 0 Å². The predicted octanol–water partition coefficient (Wildman–Crippen LogP) is 2.08. The van der Waals surface area contributed by atoms with Crippen LogP contribution in [-0.4, -0.2) is 22.4 Å². The van der Waals surface area contributed by atoms with Gasteiger partial charge in [0, 0.05) is 42.3 Å². The molecule has 0 unspecified atom stereocenters. The van der Waals surface area contributed by atoms with Crippen LogP contribution in [0.3, 0.4) is 0 Å². The van der Waals surface area contributed by atoms with Crippen molar-refractivity contribution in [1.82, 2.24) is 9.88 Å². The minimum atomic E-state index is -0.477. The lowest BCUT2D eigenvalue weighted by Gasteiger charge is -2.10. The third kappa shape index (κ3) is 4.10. The number of nitrogens with zero attached hydrogens (tertiary/aromatic N) is 1. The Morgan fingerprint density at radius 3 is 2.29 bits per heavy atom. The molecule has 2 rings (SSSR count). The summed E-state index contributed by atoms with van der Waals surface area (Å²) in [6.07, 6.45) is 1.51. The number of pyridine rings is 1. The first kappa shape index (κ1) is 17.5. The van der Waals surface area contributed by atoms with Gasteiger partial charge in [0.05, 0.1) is 0 Å². The zero-order valence-electron chi connectivity index (χ0n) is 14.2. The van der Waals surface area contributed by atoms with Crippen molar-refractivity contribution in [3.63, 3.8) is 0 Å². The molecule has 0 bridgehead atoms. The Morgan fingerprint density at radius 2 is 1.71 bits per heavy atom. The Morgan fingerprint density at radius 1 is 1.08 bits per heavy atom. The number of aromatic nitrogens is 1. The molecule has 6 nitrogen and oxygen atoms in total. The molecule has 6 heteroatoms. The van der Waals surface area contributed by atoms with Gasteiger partial charge in [0.25, 0.3) is 11.8 Å². The number of aryl methyl sites for hydroxylation is 2.